The first-order valence-corrected chi connectivity index (χ1v) is 16.8. The molecule has 4 fully saturated rings. The van der Waals surface area contributed by atoms with Crippen LogP contribution in [0.15, 0.2) is 0 Å². The molecule has 0 spiro atoms. The molecule has 232 valence electrons. The van der Waals surface area contributed by atoms with Gasteiger partial charge in [-0.2, -0.15) is 0 Å². The molecule has 0 aromatic carbocycles. The number of ketones is 1. The molecule has 0 bridgehead atoms. The minimum absolute atomic E-state index is 0.00485. The van der Waals surface area contributed by atoms with Crippen LogP contribution in [-0.2, 0) is 23.9 Å². The van der Waals surface area contributed by atoms with E-state index in [9.17, 15) is 14.4 Å². The van der Waals surface area contributed by atoms with E-state index in [1.807, 2.05) is 13.8 Å². The predicted octanol–water partition coefficient (Wildman–Crippen LogP) is 8.96. The van der Waals surface area contributed by atoms with Gasteiger partial charge in [-0.05, 0) is 125 Å². The Hall–Kier alpha value is -1.39. The lowest BCUT2D eigenvalue weighted by atomic mass is 9.42. The van der Waals surface area contributed by atoms with Crippen LogP contribution in [0.5, 0.6) is 0 Å². The summed E-state index contributed by atoms with van der Waals surface area (Å²) in [7, 11) is 0. The van der Waals surface area contributed by atoms with Crippen LogP contribution < -0.4 is 0 Å². The van der Waals surface area contributed by atoms with E-state index in [0.717, 1.165) is 41.9 Å². The Morgan fingerprint density at radius 2 is 1.43 bits per heavy atom. The first kappa shape index (κ1) is 34.8. The number of Topliss-reactive ketones (excluding diaryl/α,β-unsaturated/α-hetero) is 1. The molecular weight excluding hydrogens is 500 g/mol. The number of ether oxygens (including phenoxy) is 2. The van der Waals surface area contributed by atoms with Gasteiger partial charge in [-0.3, -0.25) is 9.59 Å². The number of hydrogen-bond acceptors (Lipinski definition) is 5. The monoisotopic (exact) mass is 562 g/mol. The molecule has 4 aliphatic carbocycles. The molecule has 5 heteroatoms. The average molecular weight is 563 g/mol. The maximum Gasteiger partial charge on any atom is 0.305 e. The molecule has 5 nitrogen and oxygen atoms in total. The second-order valence-corrected chi connectivity index (χ2v) is 13.6. The van der Waals surface area contributed by atoms with Crippen LogP contribution in [0.25, 0.3) is 0 Å². The Balaban J connectivity index is 0.000000433. The number of hydrogen-bond donors (Lipinski definition) is 0. The van der Waals surface area contributed by atoms with E-state index in [1.165, 1.54) is 77.6 Å². The fourth-order valence-corrected chi connectivity index (χ4v) is 9.53. The fraction of sp³-hybridized carbons (Fsp3) is 0.914. The summed E-state index contributed by atoms with van der Waals surface area (Å²) in [5.41, 5.74) is 1.16. The van der Waals surface area contributed by atoms with Crippen molar-refractivity contribution in [2.24, 2.45) is 46.3 Å². The van der Waals surface area contributed by atoms with E-state index in [2.05, 4.69) is 25.5 Å². The van der Waals surface area contributed by atoms with Crippen LogP contribution in [0.1, 0.15) is 145 Å². The quantitative estimate of drug-likeness (QED) is 0.276. The SMILES string of the molecule is CCC(C)=O.CCOC(=O)CCCC1CCC2C3CC(CC)C4CCCCC4(C)C3CCC12C.CCOC(C)=O. The zero-order valence-corrected chi connectivity index (χ0v) is 27.3. The Morgan fingerprint density at radius 1 is 0.775 bits per heavy atom. The zero-order chi connectivity index (χ0) is 29.9. The highest BCUT2D eigenvalue weighted by Gasteiger charge is 2.60. The summed E-state index contributed by atoms with van der Waals surface area (Å²) in [5, 5.41) is 0. The predicted molar refractivity (Wildman–Crippen MR) is 163 cm³/mol. The largest absolute Gasteiger partial charge is 0.466 e. The smallest absolute Gasteiger partial charge is 0.305 e. The molecule has 40 heavy (non-hydrogen) atoms. The van der Waals surface area contributed by atoms with Crippen LogP contribution in [0.3, 0.4) is 0 Å². The molecular formula is C35H62O5. The Kier molecular flexibility index (Phi) is 14.2. The number of rotatable bonds is 8. The van der Waals surface area contributed by atoms with E-state index in [1.54, 1.807) is 13.8 Å². The van der Waals surface area contributed by atoms with Crippen molar-refractivity contribution in [3.63, 3.8) is 0 Å². The lowest BCUT2D eigenvalue weighted by Gasteiger charge is -2.62. The van der Waals surface area contributed by atoms with Crippen molar-refractivity contribution in [3.8, 4) is 0 Å². The van der Waals surface area contributed by atoms with Crippen molar-refractivity contribution < 1.29 is 23.9 Å². The number of fused-ring (bicyclic) bond motifs is 5. The van der Waals surface area contributed by atoms with Gasteiger partial charge < -0.3 is 14.3 Å². The van der Waals surface area contributed by atoms with E-state index in [0.29, 0.717) is 36.9 Å². The van der Waals surface area contributed by atoms with Gasteiger partial charge >= 0.3 is 11.9 Å². The molecule has 4 aliphatic rings. The zero-order valence-electron chi connectivity index (χ0n) is 27.3. The summed E-state index contributed by atoms with van der Waals surface area (Å²) in [6.45, 7) is 17.3. The van der Waals surface area contributed by atoms with Crippen molar-refractivity contribution in [2.45, 2.75) is 145 Å². The summed E-state index contributed by atoms with van der Waals surface area (Å²) in [6, 6.07) is 0. The topological polar surface area (TPSA) is 69.7 Å². The summed E-state index contributed by atoms with van der Waals surface area (Å²) in [6.07, 6.45) is 18.2. The van der Waals surface area contributed by atoms with Gasteiger partial charge in [-0.1, -0.05) is 47.0 Å². The molecule has 0 N–H and O–H groups in total. The van der Waals surface area contributed by atoms with Crippen molar-refractivity contribution >= 4 is 17.7 Å². The molecule has 8 atom stereocenters. The minimum atomic E-state index is -0.211. The van der Waals surface area contributed by atoms with E-state index >= 15 is 0 Å². The van der Waals surface area contributed by atoms with Gasteiger partial charge in [0.05, 0.1) is 13.2 Å². The molecule has 0 amide bonds. The minimum Gasteiger partial charge on any atom is -0.466 e. The van der Waals surface area contributed by atoms with Crippen LogP contribution in [-0.4, -0.2) is 30.9 Å². The van der Waals surface area contributed by atoms with E-state index in [-0.39, 0.29) is 17.7 Å². The van der Waals surface area contributed by atoms with E-state index < -0.39 is 0 Å². The highest BCUT2D eigenvalue weighted by Crippen LogP contribution is 2.69. The van der Waals surface area contributed by atoms with Crippen LogP contribution in [0, 0.1) is 46.3 Å². The molecule has 8 unspecified atom stereocenters. The van der Waals surface area contributed by atoms with Gasteiger partial charge in [-0.15, -0.1) is 0 Å². The van der Waals surface area contributed by atoms with E-state index in [4.69, 9.17) is 4.74 Å². The summed E-state index contributed by atoms with van der Waals surface area (Å²) < 4.78 is 9.56. The molecule has 4 saturated carbocycles. The molecule has 0 saturated heterocycles. The van der Waals surface area contributed by atoms with Crippen molar-refractivity contribution in [1.82, 2.24) is 0 Å². The Morgan fingerprint density at radius 3 is 1.98 bits per heavy atom. The third-order valence-electron chi connectivity index (χ3n) is 11.6. The van der Waals surface area contributed by atoms with Crippen LogP contribution in [0.2, 0.25) is 0 Å². The Bertz CT molecular complexity index is 808. The molecule has 0 aromatic rings. The summed E-state index contributed by atoms with van der Waals surface area (Å²) in [5.74, 6) is 5.79. The van der Waals surface area contributed by atoms with Crippen molar-refractivity contribution in [2.75, 3.05) is 13.2 Å². The van der Waals surface area contributed by atoms with Gasteiger partial charge in [0.2, 0.25) is 0 Å². The van der Waals surface area contributed by atoms with Gasteiger partial charge in [0, 0.05) is 19.8 Å². The highest BCUT2D eigenvalue weighted by molar-refractivity contribution is 5.74. The van der Waals surface area contributed by atoms with Gasteiger partial charge in [0.15, 0.2) is 0 Å². The molecule has 0 heterocycles. The normalized spacial score (nSPS) is 35.8. The average Bonchev–Trinajstić information content (AvgIpc) is 3.25. The molecule has 0 radical (unpaired) electrons. The van der Waals surface area contributed by atoms with Crippen LogP contribution in [0.4, 0.5) is 0 Å². The third-order valence-corrected chi connectivity index (χ3v) is 11.6. The maximum absolute atomic E-state index is 11.8. The Labute approximate surface area is 246 Å². The molecule has 4 rings (SSSR count). The first-order valence-electron chi connectivity index (χ1n) is 16.8. The lowest BCUT2D eigenvalue weighted by molar-refractivity contribution is -0.144. The highest BCUT2D eigenvalue weighted by atomic mass is 16.5. The second-order valence-electron chi connectivity index (χ2n) is 13.6. The maximum atomic E-state index is 11.8. The standard InChI is InChI=1S/C27H46O2.C4H8O2.C4H8O/c1-5-19-18-21-23-14-13-20(10-9-12-25(28)29-6-2)26(23,3)17-15-24(21)27(4)16-8-7-11-22(19)27;1-3-6-4(2)5;1-3-4(2)5/h19-24H,5-18H2,1-4H3;3H2,1-2H3;3H2,1-2H3. The lowest BCUT2D eigenvalue weighted by Crippen LogP contribution is -2.55. The molecule has 0 aromatic heterocycles. The van der Waals surface area contributed by atoms with Crippen molar-refractivity contribution in [3.05, 3.63) is 0 Å². The van der Waals surface area contributed by atoms with Crippen molar-refractivity contribution in [1.29, 1.82) is 0 Å². The van der Waals surface area contributed by atoms with Gasteiger partial charge in [0.1, 0.15) is 5.78 Å². The van der Waals surface area contributed by atoms with Crippen LogP contribution >= 0.6 is 0 Å². The molecule has 0 aliphatic heterocycles. The van der Waals surface area contributed by atoms with Gasteiger partial charge in [-0.25, -0.2) is 0 Å². The first-order chi connectivity index (χ1) is 19.0. The number of esters is 2. The summed E-state index contributed by atoms with van der Waals surface area (Å²) in [4.78, 5) is 31.4. The number of carbonyl (C=O) groups excluding carboxylic acids is 3. The third kappa shape index (κ3) is 8.57. The summed E-state index contributed by atoms with van der Waals surface area (Å²) >= 11 is 0. The number of carbonyl (C=O) groups is 3. The van der Waals surface area contributed by atoms with Gasteiger partial charge in [0.25, 0.3) is 0 Å². The fourth-order valence-electron chi connectivity index (χ4n) is 9.53. The second kappa shape index (κ2) is 16.3.